The molecule has 0 aliphatic carbocycles. The zero-order chi connectivity index (χ0) is 23.2. The number of anilines is 1. The summed E-state index contributed by atoms with van der Waals surface area (Å²) in [7, 11) is 5.62. The highest BCUT2D eigenvalue weighted by atomic mass is 16.5. The number of likely N-dealkylation sites (N-methyl/N-ethyl adjacent to an activating group) is 1. The number of aromatic amines is 1. The van der Waals surface area contributed by atoms with Gasteiger partial charge >= 0.3 is 0 Å². The van der Waals surface area contributed by atoms with Gasteiger partial charge in [0.15, 0.2) is 5.78 Å². The van der Waals surface area contributed by atoms with Gasteiger partial charge in [-0.1, -0.05) is 48.5 Å². The fourth-order valence-electron chi connectivity index (χ4n) is 3.75. The molecule has 3 aromatic carbocycles. The first-order chi connectivity index (χ1) is 16.0. The minimum absolute atomic E-state index is 0.0171. The third-order valence-electron chi connectivity index (χ3n) is 5.48. The van der Waals surface area contributed by atoms with Crippen LogP contribution < -0.4 is 14.8 Å². The second-order valence-electron chi connectivity index (χ2n) is 8.15. The van der Waals surface area contributed by atoms with Gasteiger partial charge in [-0.2, -0.15) is 0 Å². The zero-order valence-electron chi connectivity index (χ0n) is 19.2. The second kappa shape index (κ2) is 10.2. The Morgan fingerprint density at radius 1 is 1.00 bits per heavy atom. The number of nitrogens with one attached hydrogen (secondary N) is 2. The smallest absolute Gasteiger partial charge is 0.191 e. The number of fused-ring (bicyclic) bond motifs is 1. The Labute approximate surface area is 194 Å². The van der Waals surface area contributed by atoms with Crippen molar-refractivity contribution < 1.29 is 14.3 Å². The number of hydrogen-bond acceptors (Lipinski definition) is 5. The van der Waals surface area contributed by atoms with Crippen LogP contribution in [-0.4, -0.2) is 50.0 Å². The summed E-state index contributed by atoms with van der Waals surface area (Å²) >= 11 is 0. The van der Waals surface area contributed by atoms with E-state index >= 15 is 0 Å². The maximum absolute atomic E-state index is 13.8. The van der Waals surface area contributed by atoms with E-state index in [4.69, 9.17) is 9.47 Å². The average molecular weight is 444 g/mol. The van der Waals surface area contributed by atoms with Crippen LogP contribution in [-0.2, 0) is 0 Å². The minimum atomic E-state index is -0.577. The average Bonchev–Trinajstić information content (AvgIpc) is 3.26. The quantitative estimate of drug-likeness (QED) is 0.332. The topological polar surface area (TPSA) is 66.6 Å². The summed E-state index contributed by atoms with van der Waals surface area (Å²) in [5, 5.41) is 4.33. The van der Waals surface area contributed by atoms with Crippen LogP contribution in [0.5, 0.6) is 11.5 Å². The highest BCUT2D eigenvalue weighted by Gasteiger charge is 2.24. The van der Waals surface area contributed by atoms with E-state index in [1.807, 2.05) is 86.9 Å². The number of ether oxygens (including phenoxy) is 2. The van der Waals surface area contributed by atoms with E-state index in [2.05, 4.69) is 15.2 Å². The van der Waals surface area contributed by atoms with Crippen LogP contribution in [0, 0.1) is 0 Å². The van der Waals surface area contributed by atoms with Crippen molar-refractivity contribution in [2.45, 2.75) is 6.04 Å². The van der Waals surface area contributed by atoms with E-state index in [-0.39, 0.29) is 5.78 Å². The van der Waals surface area contributed by atoms with E-state index in [1.54, 1.807) is 13.3 Å². The molecule has 0 aliphatic heterocycles. The van der Waals surface area contributed by atoms with Crippen molar-refractivity contribution in [2.75, 3.05) is 39.7 Å². The molecule has 0 amide bonds. The summed E-state index contributed by atoms with van der Waals surface area (Å²) in [5.74, 6) is 1.33. The summed E-state index contributed by atoms with van der Waals surface area (Å²) in [5.41, 5.74) is 3.21. The number of carbonyl (C=O) groups is 1. The van der Waals surface area contributed by atoms with E-state index in [1.165, 1.54) is 0 Å². The molecule has 4 aromatic rings. The van der Waals surface area contributed by atoms with Gasteiger partial charge in [-0.05, 0) is 25.7 Å². The molecule has 0 saturated carbocycles. The van der Waals surface area contributed by atoms with Crippen molar-refractivity contribution in [2.24, 2.45) is 0 Å². The Balaban J connectivity index is 1.67. The van der Waals surface area contributed by atoms with Crippen LogP contribution in [0.15, 0.2) is 79.0 Å². The maximum atomic E-state index is 13.8. The third-order valence-corrected chi connectivity index (χ3v) is 5.48. The van der Waals surface area contributed by atoms with E-state index in [9.17, 15) is 4.79 Å². The van der Waals surface area contributed by atoms with Crippen molar-refractivity contribution >= 4 is 22.4 Å². The fraction of sp³-hybridized carbons (Fsp3) is 0.222. The number of H-pyrrole nitrogens is 1. The molecule has 2 N–H and O–H groups in total. The first kappa shape index (κ1) is 22.4. The molecule has 0 fully saturated rings. The van der Waals surface area contributed by atoms with Gasteiger partial charge in [-0.15, -0.1) is 0 Å². The number of nitrogens with zero attached hydrogens (tertiary/aromatic N) is 1. The Bertz CT molecular complexity index is 1220. The molecule has 170 valence electrons. The highest BCUT2D eigenvalue weighted by molar-refractivity contribution is 6.11. The molecule has 1 heterocycles. The van der Waals surface area contributed by atoms with Gasteiger partial charge < -0.3 is 24.7 Å². The molecular formula is C27H29N3O3. The van der Waals surface area contributed by atoms with Gasteiger partial charge in [0.2, 0.25) is 0 Å². The molecular weight excluding hydrogens is 414 g/mol. The molecule has 6 nitrogen and oxygen atoms in total. The zero-order valence-corrected chi connectivity index (χ0v) is 19.2. The molecule has 0 aliphatic rings. The number of aromatic nitrogens is 1. The molecule has 1 aromatic heterocycles. The van der Waals surface area contributed by atoms with Gasteiger partial charge in [0.1, 0.15) is 24.1 Å². The summed E-state index contributed by atoms with van der Waals surface area (Å²) in [4.78, 5) is 19.0. The van der Waals surface area contributed by atoms with Gasteiger partial charge in [0.05, 0.1) is 7.11 Å². The van der Waals surface area contributed by atoms with E-state index in [0.29, 0.717) is 23.7 Å². The van der Waals surface area contributed by atoms with Crippen molar-refractivity contribution in [3.05, 3.63) is 90.1 Å². The predicted octanol–water partition coefficient (Wildman–Crippen LogP) is 5.15. The first-order valence-corrected chi connectivity index (χ1v) is 10.9. The first-order valence-electron chi connectivity index (χ1n) is 10.9. The van der Waals surface area contributed by atoms with Crippen LogP contribution in [0.3, 0.4) is 0 Å². The number of carbonyl (C=O) groups excluding carboxylic acids is 1. The number of hydrogen-bond donors (Lipinski definition) is 2. The van der Waals surface area contributed by atoms with Gasteiger partial charge in [0.25, 0.3) is 0 Å². The molecule has 0 saturated heterocycles. The SMILES string of the molecule is COc1cc(NC(C(=O)c2c[nH]c3ccccc23)c2ccccc2)cc(OCCN(C)C)c1. The van der Waals surface area contributed by atoms with Crippen molar-refractivity contribution in [1.82, 2.24) is 9.88 Å². The molecule has 6 heteroatoms. The Hall–Kier alpha value is -3.77. The Kier molecular flexibility index (Phi) is 6.95. The minimum Gasteiger partial charge on any atom is -0.497 e. The molecule has 33 heavy (non-hydrogen) atoms. The monoisotopic (exact) mass is 443 g/mol. The van der Waals surface area contributed by atoms with Gasteiger partial charge in [-0.3, -0.25) is 4.79 Å². The lowest BCUT2D eigenvalue weighted by Gasteiger charge is -2.21. The summed E-state index contributed by atoms with van der Waals surface area (Å²) in [6, 6.07) is 22.6. The summed E-state index contributed by atoms with van der Waals surface area (Å²) < 4.78 is 11.4. The van der Waals surface area contributed by atoms with Crippen molar-refractivity contribution in [1.29, 1.82) is 0 Å². The highest BCUT2D eigenvalue weighted by Crippen LogP contribution is 2.31. The molecule has 1 unspecified atom stereocenters. The number of para-hydroxylation sites is 1. The van der Waals surface area contributed by atoms with Gasteiger partial charge in [0, 0.05) is 53.1 Å². The second-order valence-corrected chi connectivity index (χ2v) is 8.15. The molecule has 4 rings (SSSR count). The Morgan fingerprint density at radius 2 is 1.73 bits per heavy atom. The summed E-state index contributed by atoms with van der Waals surface area (Å²) in [6.07, 6.45) is 1.78. The normalized spacial score (nSPS) is 12.0. The maximum Gasteiger partial charge on any atom is 0.191 e. The Morgan fingerprint density at radius 3 is 2.48 bits per heavy atom. The number of ketones is 1. The number of benzene rings is 3. The number of methoxy groups -OCH3 is 1. The van der Waals surface area contributed by atoms with Crippen LogP contribution in [0.25, 0.3) is 10.9 Å². The van der Waals surface area contributed by atoms with Crippen molar-refractivity contribution in [3.63, 3.8) is 0 Å². The van der Waals surface area contributed by atoms with Crippen molar-refractivity contribution in [3.8, 4) is 11.5 Å². The third kappa shape index (κ3) is 5.35. The predicted molar refractivity (Wildman–Crippen MR) is 132 cm³/mol. The van der Waals surface area contributed by atoms with Crippen LogP contribution in [0.1, 0.15) is 22.0 Å². The van der Waals surface area contributed by atoms with Crippen LogP contribution >= 0.6 is 0 Å². The molecule has 0 radical (unpaired) electrons. The lowest BCUT2D eigenvalue weighted by Crippen LogP contribution is -2.21. The van der Waals surface area contributed by atoms with E-state index < -0.39 is 6.04 Å². The van der Waals surface area contributed by atoms with Crippen LogP contribution in [0.2, 0.25) is 0 Å². The largest absolute Gasteiger partial charge is 0.497 e. The number of rotatable bonds is 10. The number of Topliss-reactive ketones (excluding diaryl/α,β-unsaturated/α-hetero) is 1. The molecule has 0 bridgehead atoms. The van der Waals surface area contributed by atoms with E-state index in [0.717, 1.165) is 28.7 Å². The summed E-state index contributed by atoms with van der Waals surface area (Å²) in [6.45, 7) is 1.35. The molecule has 0 spiro atoms. The van der Waals surface area contributed by atoms with Gasteiger partial charge in [-0.25, -0.2) is 0 Å². The lowest BCUT2D eigenvalue weighted by atomic mass is 9.96. The fourth-order valence-corrected chi connectivity index (χ4v) is 3.75. The molecule has 1 atom stereocenters. The standard InChI is InChI=1S/C27H29N3O3/c1-30(2)13-14-33-22-16-20(15-21(17-22)32-3)29-26(19-9-5-4-6-10-19)27(31)24-18-28-25-12-8-7-11-23(24)25/h4-12,15-18,26,28-29H,13-14H2,1-3H3. The van der Waals surface area contributed by atoms with Crippen LogP contribution in [0.4, 0.5) is 5.69 Å². The lowest BCUT2D eigenvalue weighted by molar-refractivity contribution is 0.0971.